The van der Waals surface area contributed by atoms with Crippen molar-refractivity contribution in [1.82, 2.24) is 5.32 Å². The molecule has 1 amide bonds. The van der Waals surface area contributed by atoms with E-state index < -0.39 is 15.8 Å². The fraction of sp³-hybridized carbons (Fsp3) is 0.467. The van der Waals surface area contributed by atoms with Gasteiger partial charge in [0, 0.05) is 24.7 Å². The number of nitrogens with one attached hydrogen (secondary N) is 2. The van der Waals surface area contributed by atoms with Gasteiger partial charge in [-0.1, -0.05) is 0 Å². The Morgan fingerprint density at radius 3 is 2.52 bits per heavy atom. The van der Waals surface area contributed by atoms with E-state index in [1.54, 1.807) is 24.3 Å². The highest BCUT2D eigenvalue weighted by molar-refractivity contribution is 7.91. The molecule has 1 unspecified atom stereocenters. The molecule has 7 nitrogen and oxygen atoms in total. The highest BCUT2D eigenvalue weighted by Gasteiger charge is 2.27. The van der Waals surface area contributed by atoms with Crippen molar-refractivity contribution in [2.24, 2.45) is 0 Å². The average Bonchev–Trinajstić information content (AvgIpc) is 2.86. The van der Waals surface area contributed by atoms with Crippen LogP contribution < -0.4 is 10.6 Å². The quantitative estimate of drug-likeness (QED) is 0.735. The van der Waals surface area contributed by atoms with Gasteiger partial charge in [-0.05, 0) is 30.7 Å². The lowest BCUT2D eigenvalue weighted by Crippen LogP contribution is -2.32. The summed E-state index contributed by atoms with van der Waals surface area (Å²) in [5.74, 6) is -0.254. The summed E-state index contributed by atoms with van der Waals surface area (Å²) < 4.78 is 27.2. The van der Waals surface area contributed by atoms with Gasteiger partial charge in [0.25, 0.3) is 0 Å². The number of anilines is 1. The Morgan fingerprint density at radius 2 is 1.96 bits per heavy atom. The van der Waals surface area contributed by atoms with Gasteiger partial charge in [-0.25, -0.2) is 13.2 Å². The number of hydrogen-bond donors (Lipinski definition) is 2. The number of ether oxygens (including phenoxy) is 1. The number of carbonyl (C=O) groups excluding carboxylic acids is 2. The van der Waals surface area contributed by atoms with Crippen molar-refractivity contribution in [1.29, 1.82) is 0 Å². The van der Waals surface area contributed by atoms with Crippen LogP contribution in [0.1, 0.15) is 23.2 Å². The Kier molecular flexibility index (Phi) is 5.73. The standard InChI is InChI=1S/C15H20N2O5S/c1-22-15(19)11-2-4-12(5-3-11)17-14(18)6-8-16-13-7-9-23(20,21)10-13/h2-5,13,16H,6-10H2,1H3,(H,17,18). The molecule has 1 aromatic rings. The van der Waals surface area contributed by atoms with Gasteiger partial charge >= 0.3 is 5.97 Å². The zero-order chi connectivity index (χ0) is 16.9. The lowest BCUT2D eigenvalue weighted by atomic mass is 10.2. The van der Waals surface area contributed by atoms with Crippen LogP contribution in [0.15, 0.2) is 24.3 Å². The lowest BCUT2D eigenvalue weighted by Gasteiger charge is -2.10. The third kappa shape index (κ3) is 5.33. The SMILES string of the molecule is COC(=O)c1ccc(NC(=O)CCNC2CCS(=O)(=O)C2)cc1. The molecule has 0 saturated carbocycles. The normalized spacial score (nSPS) is 19.3. The predicted octanol–water partition coefficient (Wildman–Crippen LogP) is 0.579. The molecule has 0 bridgehead atoms. The molecule has 8 heteroatoms. The van der Waals surface area contributed by atoms with Gasteiger partial charge in [0.15, 0.2) is 9.84 Å². The first kappa shape index (κ1) is 17.4. The number of carbonyl (C=O) groups is 2. The summed E-state index contributed by atoms with van der Waals surface area (Å²) in [6, 6.07) is 6.33. The monoisotopic (exact) mass is 340 g/mol. The number of amides is 1. The second-order valence-corrected chi connectivity index (χ2v) is 7.65. The Hall–Kier alpha value is -1.93. The van der Waals surface area contributed by atoms with Crippen LogP contribution in [0.25, 0.3) is 0 Å². The summed E-state index contributed by atoms with van der Waals surface area (Å²) in [4.78, 5) is 23.1. The van der Waals surface area contributed by atoms with E-state index in [1.807, 2.05) is 0 Å². The minimum absolute atomic E-state index is 0.0628. The zero-order valence-electron chi connectivity index (χ0n) is 12.9. The number of esters is 1. The smallest absolute Gasteiger partial charge is 0.337 e. The molecular weight excluding hydrogens is 320 g/mol. The maximum absolute atomic E-state index is 11.8. The van der Waals surface area contributed by atoms with Crippen LogP contribution in [-0.4, -0.2) is 51.5 Å². The largest absolute Gasteiger partial charge is 0.465 e. The van der Waals surface area contributed by atoms with Crippen LogP contribution in [0, 0.1) is 0 Å². The number of rotatable bonds is 6. The molecule has 0 aromatic heterocycles. The van der Waals surface area contributed by atoms with Crippen LogP contribution in [0.2, 0.25) is 0 Å². The maximum Gasteiger partial charge on any atom is 0.337 e. The zero-order valence-corrected chi connectivity index (χ0v) is 13.7. The molecule has 0 aliphatic carbocycles. The summed E-state index contributed by atoms with van der Waals surface area (Å²) >= 11 is 0. The lowest BCUT2D eigenvalue weighted by molar-refractivity contribution is -0.116. The van der Waals surface area contributed by atoms with Gasteiger partial charge in [-0.2, -0.15) is 0 Å². The van der Waals surface area contributed by atoms with Gasteiger partial charge in [-0.3, -0.25) is 4.79 Å². The van der Waals surface area contributed by atoms with Crippen molar-refractivity contribution in [3.8, 4) is 0 Å². The average molecular weight is 340 g/mol. The summed E-state index contributed by atoms with van der Waals surface area (Å²) in [5.41, 5.74) is 1.00. The van der Waals surface area contributed by atoms with Gasteiger partial charge in [0.2, 0.25) is 5.91 Å². The van der Waals surface area contributed by atoms with Crippen molar-refractivity contribution in [3.63, 3.8) is 0 Å². The molecule has 1 atom stereocenters. The first-order valence-electron chi connectivity index (χ1n) is 7.31. The van der Waals surface area contributed by atoms with Crippen molar-refractivity contribution in [3.05, 3.63) is 29.8 Å². The number of benzene rings is 1. The molecule has 0 spiro atoms. The highest BCUT2D eigenvalue weighted by Crippen LogP contribution is 2.12. The van der Waals surface area contributed by atoms with Gasteiger partial charge in [0.1, 0.15) is 0 Å². The van der Waals surface area contributed by atoms with Crippen LogP contribution in [-0.2, 0) is 19.4 Å². The first-order chi connectivity index (χ1) is 10.9. The van der Waals surface area contributed by atoms with E-state index in [-0.39, 0.29) is 29.9 Å². The van der Waals surface area contributed by atoms with E-state index in [2.05, 4.69) is 15.4 Å². The van der Waals surface area contributed by atoms with E-state index in [9.17, 15) is 18.0 Å². The Morgan fingerprint density at radius 1 is 1.26 bits per heavy atom. The van der Waals surface area contributed by atoms with Crippen LogP contribution in [0.3, 0.4) is 0 Å². The molecule has 0 radical (unpaired) electrons. The van der Waals surface area contributed by atoms with Gasteiger partial charge in [0.05, 0.1) is 24.2 Å². The third-order valence-corrected chi connectivity index (χ3v) is 5.38. The molecule has 126 valence electrons. The highest BCUT2D eigenvalue weighted by atomic mass is 32.2. The predicted molar refractivity (Wildman–Crippen MR) is 86.1 cm³/mol. The molecule has 1 aromatic carbocycles. The topological polar surface area (TPSA) is 102 Å². The van der Waals surface area contributed by atoms with E-state index in [0.29, 0.717) is 24.2 Å². The van der Waals surface area contributed by atoms with E-state index in [4.69, 9.17) is 0 Å². The van der Waals surface area contributed by atoms with Crippen LogP contribution in [0.4, 0.5) is 5.69 Å². The van der Waals surface area contributed by atoms with Gasteiger partial charge < -0.3 is 15.4 Å². The molecule has 2 N–H and O–H groups in total. The summed E-state index contributed by atoms with van der Waals surface area (Å²) in [5, 5.41) is 5.80. The fourth-order valence-corrected chi connectivity index (χ4v) is 4.08. The Balaban J connectivity index is 1.73. The number of methoxy groups -OCH3 is 1. The summed E-state index contributed by atoms with van der Waals surface area (Å²) in [6.07, 6.45) is 0.842. The molecule has 1 heterocycles. The fourth-order valence-electron chi connectivity index (χ4n) is 2.38. The molecule has 1 aliphatic rings. The number of hydrogen-bond acceptors (Lipinski definition) is 6. The molecule has 1 aliphatic heterocycles. The summed E-state index contributed by atoms with van der Waals surface area (Å²) in [6.45, 7) is 0.423. The Labute approximate surface area is 135 Å². The minimum atomic E-state index is -2.91. The van der Waals surface area contributed by atoms with E-state index in [0.717, 1.165) is 0 Å². The second kappa shape index (κ2) is 7.56. The van der Waals surface area contributed by atoms with Gasteiger partial charge in [-0.15, -0.1) is 0 Å². The van der Waals surface area contributed by atoms with Crippen molar-refractivity contribution >= 4 is 27.4 Å². The molecular formula is C15H20N2O5S. The van der Waals surface area contributed by atoms with Crippen molar-refractivity contribution in [2.75, 3.05) is 30.5 Å². The minimum Gasteiger partial charge on any atom is -0.465 e. The first-order valence-corrected chi connectivity index (χ1v) is 9.14. The summed E-state index contributed by atoms with van der Waals surface area (Å²) in [7, 11) is -1.60. The molecule has 23 heavy (non-hydrogen) atoms. The van der Waals surface area contributed by atoms with Crippen LogP contribution >= 0.6 is 0 Å². The number of sulfone groups is 1. The third-order valence-electron chi connectivity index (χ3n) is 3.61. The molecule has 1 fully saturated rings. The molecule has 2 rings (SSSR count). The van der Waals surface area contributed by atoms with E-state index >= 15 is 0 Å². The van der Waals surface area contributed by atoms with Crippen molar-refractivity contribution < 1.29 is 22.7 Å². The van der Waals surface area contributed by atoms with Crippen molar-refractivity contribution in [2.45, 2.75) is 18.9 Å². The molecule has 1 saturated heterocycles. The second-order valence-electron chi connectivity index (χ2n) is 5.42. The van der Waals surface area contributed by atoms with Crippen LogP contribution in [0.5, 0.6) is 0 Å². The van der Waals surface area contributed by atoms with E-state index in [1.165, 1.54) is 7.11 Å². The maximum atomic E-state index is 11.8. The Bertz CT molecular complexity index is 670.